The molecule has 0 unspecified atom stereocenters. The number of aromatic nitrogens is 2. The second-order valence-corrected chi connectivity index (χ2v) is 3.61. The van der Waals surface area contributed by atoms with Gasteiger partial charge in [0.2, 0.25) is 0 Å². The lowest BCUT2D eigenvalue weighted by Gasteiger charge is -2.08. The molecule has 1 heterocycles. The summed E-state index contributed by atoms with van der Waals surface area (Å²) in [6.07, 6.45) is 0. The maximum Gasteiger partial charge on any atom is 0.266 e. The van der Waals surface area contributed by atoms with E-state index in [2.05, 4.69) is 10.1 Å². The fourth-order valence-electron chi connectivity index (χ4n) is 1.35. The SMILES string of the molecule is CCN(C)c1noc(-c2cccc(F)c2N)n1. The average Bonchev–Trinajstić information content (AvgIpc) is 2.81. The van der Waals surface area contributed by atoms with Gasteiger partial charge < -0.3 is 15.2 Å². The Hall–Kier alpha value is -2.11. The largest absolute Gasteiger partial charge is 0.396 e. The molecule has 2 aromatic rings. The third-order valence-corrected chi connectivity index (χ3v) is 2.51. The summed E-state index contributed by atoms with van der Waals surface area (Å²) in [5.41, 5.74) is 6.04. The molecule has 0 fully saturated rings. The summed E-state index contributed by atoms with van der Waals surface area (Å²) in [7, 11) is 1.84. The van der Waals surface area contributed by atoms with E-state index in [1.165, 1.54) is 6.07 Å². The van der Waals surface area contributed by atoms with Crippen LogP contribution in [0.15, 0.2) is 22.7 Å². The third-order valence-electron chi connectivity index (χ3n) is 2.51. The zero-order chi connectivity index (χ0) is 12.4. The highest BCUT2D eigenvalue weighted by atomic mass is 19.1. The first-order valence-electron chi connectivity index (χ1n) is 5.22. The first-order chi connectivity index (χ1) is 8.13. The maximum absolute atomic E-state index is 13.3. The van der Waals surface area contributed by atoms with Gasteiger partial charge in [-0.2, -0.15) is 4.98 Å². The molecule has 0 aliphatic carbocycles. The van der Waals surface area contributed by atoms with E-state index in [1.807, 2.05) is 18.9 Å². The van der Waals surface area contributed by atoms with Gasteiger partial charge >= 0.3 is 0 Å². The molecule has 0 bridgehead atoms. The summed E-state index contributed by atoms with van der Waals surface area (Å²) in [6, 6.07) is 4.48. The first kappa shape index (κ1) is 11.4. The van der Waals surface area contributed by atoms with Crippen molar-refractivity contribution in [3.8, 4) is 11.5 Å². The highest BCUT2D eigenvalue weighted by Gasteiger charge is 2.15. The van der Waals surface area contributed by atoms with Crippen LogP contribution in [0.4, 0.5) is 16.0 Å². The van der Waals surface area contributed by atoms with Crippen LogP contribution in [0.5, 0.6) is 0 Å². The molecule has 0 saturated carbocycles. The van der Waals surface area contributed by atoms with Gasteiger partial charge in [0.25, 0.3) is 11.8 Å². The molecule has 2 rings (SSSR count). The van der Waals surface area contributed by atoms with E-state index in [1.54, 1.807) is 12.1 Å². The molecule has 1 aromatic carbocycles. The smallest absolute Gasteiger partial charge is 0.266 e. The van der Waals surface area contributed by atoms with E-state index < -0.39 is 5.82 Å². The Labute approximate surface area is 98.0 Å². The first-order valence-corrected chi connectivity index (χ1v) is 5.22. The average molecular weight is 236 g/mol. The molecule has 2 N–H and O–H groups in total. The summed E-state index contributed by atoms with van der Waals surface area (Å²) >= 11 is 0. The van der Waals surface area contributed by atoms with Gasteiger partial charge in [-0.15, -0.1) is 0 Å². The van der Waals surface area contributed by atoms with Crippen LogP contribution in [-0.4, -0.2) is 23.7 Å². The van der Waals surface area contributed by atoms with Crippen molar-refractivity contribution in [3.05, 3.63) is 24.0 Å². The quantitative estimate of drug-likeness (QED) is 0.824. The normalized spacial score (nSPS) is 10.5. The molecule has 5 nitrogen and oxygen atoms in total. The monoisotopic (exact) mass is 236 g/mol. The van der Waals surface area contributed by atoms with Crippen molar-refractivity contribution in [1.29, 1.82) is 0 Å². The zero-order valence-electron chi connectivity index (χ0n) is 9.64. The second kappa shape index (κ2) is 4.40. The van der Waals surface area contributed by atoms with Crippen molar-refractivity contribution in [2.75, 3.05) is 24.2 Å². The number of nitrogen functional groups attached to an aromatic ring is 1. The lowest BCUT2D eigenvalue weighted by atomic mass is 10.2. The molecule has 0 radical (unpaired) electrons. The Balaban J connectivity index is 2.40. The van der Waals surface area contributed by atoms with Crippen molar-refractivity contribution < 1.29 is 8.91 Å². The van der Waals surface area contributed by atoms with E-state index in [-0.39, 0.29) is 11.6 Å². The number of benzene rings is 1. The molecule has 0 saturated heterocycles. The fraction of sp³-hybridized carbons (Fsp3) is 0.273. The topological polar surface area (TPSA) is 68.2 Å². The Bertz CT molecular complexity index is 526. The summed E-state index contributed by atoms with van der Waals surface area (Å²) in [5.74, 6) is 0.176. The third kappa shape index (κ3) is 2.06. The van der Waals surface area contributed by atoms with E-state index in [9.17, 15) is 4.39 Å². The van der Waals surface area contributed by atoms with Crippen LogP contribution in [0.1, 0.15) is 6.92 Å². The highest BCUT2D eigenvalue weighted by Crippen LogP contribution is 2.27. The van der Waals surface area contributed by atoms with Gasteiger partial charge in [-0.25, -0.2) is 4.39 Å². The van der Waals surface area contributed by atoms with Gasteiger partial charge in [-0.3, -0.25) is 0 Å². The van der Waals surface area contributed by atoms with Crippen LogP contribution >= 0.6 is 0 Å². The summed E-state index contributed by atoms with van der Waals surface area (Å²) in [4.78, 5) is 5.96. The van der Waals surface area contributed by atoms with E-state index >= 15 is 0 Å². The lowest BCUT2D eigenvalue weighted by Crippen LogP contribution is -2.16. The lowest BCUT2D eigenvalue weighted by molar-refractivity contribution is 0.430. The van der Waals surface area contributed by atoms with Gasteiger partial charge in [0.05, 0.1) is 11.3 Å². The number of halogens is 1. The number of nitrogens with zero attached hydrogens (tertiary/aromatic N) is 3. The molecule has 0 atom stereocenters. The van der Waals surface area contributed by atoms with Crippen LogP contribution in [-0.2, 0) is 0 Å². The van der Waals surface area contributed by atoms with Gasteiger partial charge in [0.1, 0.15) is 5.82 Å². The maximum atomic E-state index is 13.3. The summed E-state index contributed by atoms with van der Waals surface area (Å²) in [6.45, 7) is 2.71. The van der Waals surface area contributed by atoms with Gasteiger partial charge in [0, 0.05) is 13.6 Å². The molecule has 0 aliphatic heterocycles. The van der Waals surface area contributed by atoms with Crippen LogP contribution in [0.2, 0.25) is 0 Å². The van der Waals surface area contributed by atoms with Crippen LogP contribution in [0, 0.1) is 5.82 Å². The number of hydrogen-bond donors (Lipinski definition) is 1. The molecule has 0 spiro atoms. The standard InChI is InChI=1S/C11H13FN4O/c1-3-16(2)11-14-10(17-15-11)7-5-4-6-8(12)9(7)13/h4-6H,3,13H2,1-2H3. The van der Waals surface area contributed by atoms with E-state index in [4.69, 9.17) is 10.3 Å². The van der Waals surface area contributed by atoms with E-state index in [0.717, 1.165) is 6.54 Å². The fourth-order valence-corrected chi connectivity index (χ4v) is 1.35. The number of rotatable bonds is 3. The minimum Gasteiger partial charge on any atom is -0.396 e. The predicted octanol–water partition coefficient (Wildman–Crippen LogP) is 1.91. The van der Waals surface area contributed by atoms with Crippen LogP contribution in [0.3, 0.4) is 0 Å². The second-order valence-electron chi connectivity index (χ2n) is 3.61. The van der Waals surface area contributed by atoms with Gasteiger partial charge in [-0.1, -0.05) is 6.07 Å². The zero-order valence-corrected chi connectivity index (χ0v) is 9.64. The highest BCUT2D eigenvalue weighted by molar-refractivity contribution is 5.71. The predicted molar refractivity (Wildman–Crippen MR) is 63.0 cm³/mol. The number of para-hydroxylation sites is 1. The van der Waals surface area contributed by atoms with Gasteiger partial charge in [-0.05, 0) is 24.2 Å². The molecule has 17 heavy (non-hydrogen) atoms. The molecule has 1 aromatic heterocycles. The number of nitrogens with two attached hydrogens (primary N) is 1. The van der Waals surface area contributed by atoms with Crippen LogP contribution in [0.25, 0.3) is 11.5 Å². The van der Waals surface area contributed by atoms with Crippen molar-refractivity contribution >= 4 is 11.6 Å². The number of hydrogen-bond acceptors (Lipinski definition) is 5. The van der Waals surface area contributed by atoms with Crippen molar-refractivity contribution in [2.45, 2.75) is 6.92 Å². The number of anilines is 2. The van der Waals surface area contributed by atoms with Crippen molar-refractivity contribution in [1.82, 2.24) is 10.1 Å². The van der Waals surface area contributed by atoms with Crippen LogP contribution < -0.4 is 10.6 Å². The summed E-state index contributed by atoms with van der Waals surface area (Å²) < 4.78 is 18.3. The molecular formula is C11H13FN4O. The Kier molecular flexibility index (Phi) is 2.95. The van der Waals surface area contributed by atoms with Gasteiger partial charge in [0.15, 0.2) is 0 Å². The molecule has 0 aliphatic rings. The molecule has 90 valence electrons. The van der Waals surface area contributed by atoms with Crippen molar-refractivity contribution in [2.24, 2.45) is 0 Å². The molecular weight excluding hydrogens is 223 g/mol. The minimum absolute atomic E-state index is 0.0156. The Morgan fingerprint density at radius 3 is 2.94 bits per heavy atom. The molecule has 6 heteroatoms. The molecule has 0 amide bonds. The van der Waals surface area contributed by atoms with E-state index in [0.29, 0.717) is 11.5 Å². The Morgan fingerprint density at radius 2 is 2.24 bits per heavy atom. The Morgan fingerprint density at radius 1 is 1.47 bits per heavy atom. The van der Waals surface area contributed by atoms with Crippen molar-refractivity contribution in [3.63, 3.8) is 0 Å². The minimum atomic E-state index is -0.494. The summed E-state index contributed by atoms with van der Waals surface area (Å²) in [5, 5.41) is 3.80.